The van der Waals surface area contributed by atoms with E-state index >= 15 is 0 Å². The summed E-state index contributed by atoms with van der Waals surface area (Å²) in [4.78, 5) is 39.4. The standard InChI is InChI=1S/C28H29NO7S2/c1-2-28(36-27(33)34-11-13-38-37-12-10-30)23-15-24-21-9-5-8-18-6-3-4-7-19(18)14-20(21)16-29(24)25(31)22(23)17-35-26(28)32/h3-4,6-7,9,14-15,30H,2,5,8,10-13,16-17H2,1H3/t28-/m0/s1. The fraction of sp³-hybridized carbons (Fsp3) is 0.393. The number of cyclic esters (lactones) is 1. The van der Waals surface area contributed by atoms with E-state index in [1.807, 2.05) is 18.2 Å². The van der Waals surface area contributed by atoms with Crippen molar-refractivity contribution >= 4 is 45.4 Å². The molecule has 2 aromatic rings. The molecule has 2 aliphatic heterocycles. The molecule has 1 atom stereocenters. The summed E-state index contributed by atoms with van der Waals surface area (Å²) in [7, 11) is 2.93. The lowest BCUT2D eigenvalue weighted by Gasteiger charge is -2.35. The van der Waals surface area contributed by atoms with E-state index in [1.54, 1.807) is 11.5 Å². The molecule has 3 heterocycles. The fourth-order valence-corrected chi connectivity index (χ4v) is 6.76. The van der Waals surface area contributed by atoms with Gasteiger partial charge in [0.05, 0.1) is 24.4 Å². The van der Waals surface area contributed by atoms with Crippen LogP contribution < -0.4 is 5.56 Å². The highest BCUT2D eigenvalue weighted by Gasteiger charge is 2.51. The monoisotopic (exact) mass is 555 g/mol. The van der Waals surface area contributed by atoms with Crippen molar-refractivity contribution < 1.29 is 28.9 Å². The summed E-state index contributed by atoms with van der Waals surface area (Å²) >= 11 is 0. The van der Waals surface area contributed by atoms with E-state index in [2.05, 4.69) is 24.3 Å². The van der Waals surface area contributed by atoms with Gasteiger partial charge in [-0.15, -0.1) is 0 Å². The molecule has 0 bridgehead atoms. The zero-order chi connectivity index (χ0) is 26.7. The number of allylic oxidation sites excluding steroid dienone is 3. The van der Waals surface area contributed by atoms with Crippen LogP contribution in [0.1, 0.15) is 47.7 Å². The minimum atomic E-state index is -1.76. The Hall–Kier alpha value is -2.95. The molecule has 8 nitrogen and oxygen atoms in total. The first-order chi connectivity index (χ1) is 18.5. The van der Waals surface area contributed by atoms with Gasteiger partial charge in [-0.3, -0.25) is 4.79 Å². The van der Waals surface area contributed by atoms with Crippen molar-refractivity contribution in [2.45, 2.75) is 44.9 Å². The Morgan fingerprint density at radius 3 is 2.84 bits per heavy atom. The third-order valence-corrected chi connectivity index (χ3v) is 9.36. The van der Waals surface area contributed by atoms with E-state index in [0.29, 0.717) is 34.9 Å². The molecule has 10 heteroatoms. The molecule has 1 N–H and O–H groups in total. The summed E-state index contributed by atoms with van der Waals surface area (Å²) in [5, 5.41) is 8.85. The molecule has 0 spiro atoms. The topological polar surface area (TPSA) is 104 Å². The summed E-state index contributed by atoms with van der Waals surface area (Å²) in [6, 6.07) is 10.1. The number of hydrogen-bond donors (Lipinski definition) is 1. The second-order valence-electron chi connectivity index (χ2n) is 9.16. The summed E-state index contributed by atoms with van der Waals surface area (Å²) in [6.45, 7) is 2.12. The van der Waals surface area contributed by atoms with E-state index in [1.165, 1.54) is 27.2 Å². The Morgan fingerprint density at radius 2 is 2.03 bits per heavy atom. The Bertz CT molecular complexity index is 1380. The number of carbonyl (C=O) groups excluding carboxylic acids is 2. The van der Waals surface area contributed by atoms with Crippen LogP contribution in [0.2, 0.25) is 0 Å². The summed E-state index contributed by atoms with van der Waals surface area (Å²) in [6.07, 6.45) is 5.07. The van der Waals surface area contributed by atoms with Crippen LogP contribution in [0.25, 0.3) is 11.6 Å². The minimum Gasteiger partial charge on any atom is -0.457 e. The van der Waals surface area contributed by atoms with Crippen LogP contribution in [-0.4, -0.2) is 46.5 Å². The lowest BCUT2D eigenvalue weighted by Crippen LogP contribution is -2.47. The van der Waals surface area contributed by atoms with Crippen molar-refractivity contribution in [3.63, 3.8) is 0 Å². The molecular formula is C28H29NO7S2. The average molecular weight is 556 g/mol. The van der Waals surface area contributed by atoms with E-state index in [9.17, 15) is 14.4 Å². The Kier molecular flexibility index (Phi) is 8.01. The van der Waals surface area contributed by atoms with Crippen molar-refractivity contribution in [3.8, 4) is 0 Å². The summed E-state index contributed by atoms with van der Waals surface area (Å²) in [5.41, 5.74) is 3.76. The molecule has 1 aromatic heterocycles. The first kappa shape index (κ1) is 26.6. The van der Waals surface area contributed by atoms with Gasteiger partial charge in [-0.25, -0.2) is 9.59 Å². The van der Waals surface area contributed by atoms with Gasteiger partial charge in [-0.05, 0) is 53.7 Å². The van der Waals surface area contributed by atoms with Gasteiger partial charge in [0.25, 0.3) is 5.56 Å². The molecule has 0 saturated carbocycles. The number of carbonyl (C=O) groups is 2. The predicted molar refractivity (Wildman–Crippen MR) is 148 cm³/mol. The number of ether oxygens (including phenoxy) is 3. The maximum atomic E-state index is 13.7. The van der Waals surface area contributed by atoms with Crippen LogP contribution in [0.3, 0.4) is 0 Å². The minimum absolute atomic E-state index is 0.0757. The van der Waals surface area contributed by atoms with Gasteiger partial charge in [-0.2, -0.15) is 0 Å². The number of esters is 1. The quantitative estimate of drug-likeness (QED) is 0.287. The number of aliphatic hydroxyl groups is 1. The molecule has 5 rings (SSSR count). The van der Waals surface area contributed by atoms with Gasteiger partial charge in [0.15, 0.2) is 0 Å². The van der Waals surface area contributed by atoms with Gasteiger partial charge < -0.3 is 23.9 Å². The highest BCUT2D eigenvalue weighted by atomic mass is 33.1. The SMILES string of the molecule is CC[C@@]1(OC(=O)OCCSSCCO)C(=O)OCc2c1cc1n(c2=O)CC2=Cc3ccccc3CCC=C21. The zero-order valence-corrected chi connectivity index (χ0v) is 22.7. The molecule has 0 amide bonds. The number of aromatic nitrogens is 1. The number of aliphatic hydroxyl groups excluding tert-OH is 1. The number of nitrogens with zero attached hydrogens (tertiary/aromatic N) is 1. The van der Waals surface area contributed by atoms with Gasteiger partial charge in [-0.1, -0.05) is 58.9 Å². The molecule has 0 fully saturated rings. The van der Waals surface area contributed by atoms with Crippen LogP contribution in [0, 0.1) is 0 Å². The van der Waals surface area contributed by atoms with Crippen molar-refractivity contribution in [2.24, 2.45) is 0 Å². The Morgan fingerprint density at radius 1 is 1.21 bits per heavy atom. The molecule has 38 heavy (non-hydrogen) atoms. The highest BCUT2D eigenvalue weighted by molar-refractivity contribution is 8.76. The van der Waals surface area contributed by atoms with Crippen LogP contribution in [0.4, 0.5) is 4.79 Å². The third-order valence-electron chi connectivity index (χ3n) is 7.01. The molecule has 0 saturated heterocycles. The molecule has 200 valence electrons. The number of hydrogen-bond acceptors (Lipinski definition) is 9. The number of fused-ring (bicyclic) bond motifs is 5. The molecule has 3 aliphatic rings. The zero-order valence-electron chi connectivity index (χ0n) is 21.1. The lowest BCUT2D eigenvalue weighted by molar-refractivity contribution is -0.175. The highest BCUT2D eigenvalue weighted by Crippen LogP contribution is 2.42. The maximum Gasteiger partial charge on any atom is 0.509 e. The lowest BCUT2D eigenvalue weighted by atomic mass is 9.85. The predicted octanol–water partition coefficient (Wildman–Crippen LogP) is 4.46. The van der Waals surface area contributed by atoms with Gasteiger partial charge in [0.1, 0.15) is 13.2 Å². The second kappa shape index (κ2) is 11.4. The normalized spacial score (nSPS) is 19.5. The molecular weight excluding hydrogens is 526 g/mol. The van der Waals surface area contributed by atoms with E-state index in [-0.39, 0.29) is 31.8 Å². The molecule has 1 aliphatic carbocycles. The van der Waals surface area contributed by atoms with Crippen molar-refractivity contribution in [2.75, 3.05) is 24.7 Å². The smallest absolute Gasteiger partial charge is 0.457 e. The number of aryl methyl sites for hydroxylation is 1. The van der Waals surface area contributed by atoms with Crippen molar-refractivity contribution in [3.05, 3.63) is 80.3 Å². The number of rotatable bonds is 8. The molecule has 0 radical (unpaired) electrons. The summed E-state index contributed by atoms with van der Waals surface area (Å²) in [5.74, 6) is 0.369. The summed E-state index contributed by atoms with van der Waals surface area (Å²) < 4.78 is 18.0. The molecule has 1 aromatic carbocycles. The number of benzene rings is 1. The van der Waals surface area contributed by atoms with E-state index < -0.39 is 17.7 Å². The second-order valence-corrected chi connectivity index (χ2v) is 11.9. The van der Waals surface area contributed by atoms with E-state index in [0.717, 1.165) is 29.6 Å². The third kappa shape index (κ3) is 4.92. The average Bonchev–Trinajstić information content (AvgIpc) is 3.24. The van der Waals surface area contributed by atoms with Gasteiger partial charge in [0.2, 0.25) is 5.60 Å². The van der Waals surface area contributed by atoms with Gasteiger partial charge >= 0.3 is 12.1 Å². The van der Waals surface area contributed by atoms with Crippen LogP contribution in [0.5, 0.6) is 0 Å². The fourth-order valence-electron chi connectivity index (χ4n) is 5.16. The molecule has 0 unspecified atom stereocenters. The van der Waals surface area contributed by atoms with Crippen LogP contribution in [-0.2, 0) is 44.2 Å². The van der Waals surface area contributed by atoms with Gasteiger partial charge in [0, 0.05) is 17.1 Å². The van der Waals surface area contributed by atoms with Crippen molar-refractivity contribution in [1.82, 2.24) is 4.57 Å². The first-order valence-electron chi connectivity index (χ1n) is 12.6. The van der Waals surface area contributed by atoms with Crippen LogP contribution in [0.15, 0.2) is 46.8 Å². The number of pyridine rings is 1. The van der Waals surface area contributed by atoms with Crippen LogP contribution >= 0.6 is 21.6 Å². The van der Waals surface area contributed by atoms with E-state index in [4.69, 9.17) is 19.3 Å². The first-order valence-corrected chi connectivity index (χ1v) is 15.1. The Labute approximate surface area is 228 Å². The Balaban J connectivity index is 1.47. The van der Waals surface area contributed by atoms with Crippen molar-refractivity contribution in [1.29, 1.82) is 0 Å². The largest absolute Gasteiger partial charge is 0.509 e. The maximum absolute atomic E-state index is 13.7.